The Kier molecular flexibility index (Phi) is 7.40. The Bertz CT molecular complexity index is 320. The Morgan fingerprint density at radius 2 is 2.19 bits per heavy atom. The van der Waals surface area contributed by atoms with E-state index in [1.165, 1.54) is 22.8 Å². The predicted octanol–water partition coefficient (Wildman–Crippen LogP) is 3.76. The molecule has 16 heavy (non-hydrogen) atoms. The van der Waals surface area contributed by atoms with Crippen LogP contribution in [0.3, 0.4) is 0 Å². The molecule has 0 aliphatic heterocycles. The van der Waals surface area contributed by atoms with E-state index in [9.17, 15) is 0 Å². The lowest BCUT2D eigenvalue weighted by atomic mass is 10.2. The van der Waals surface area contributed by atoms with Crippen LogP contribution in [0.1, 0.15) is 18.4 Å². The van der Waals surface area contributed by atoms with Crippen molar-refractivity contribution in [3.8, 4) is 5.75 Å². The van der Waals surface area contributed by atoms with Crippen LogP contribution in [-0.4, -0.2) is 18.1 Å². The number of alkyl halides is 1. The summed E-state index contributed by atoms with van der Waals surface area (Å²) in [5, 5.41) is 3.44. The molecule has 0 atom stereocenters. The first-order chi connectivity index (χ1) is 7.77. The molecule has 1 N–H and O–H groups in total. The van der Waals surface area contributed by atoms with Crippen LogP contribution in [-0.2, 0) is 6.54 Å². The summed E-state index contributed by atoms with van der Waals surface area (Å²) < 4.78 is 7.45. The van der Waals surface area contributed by atoms with Crippen LogP contribution < -0.4 is 10.1 Å². The number of ether oxygens (including phenoxy) is 1. The van der Waals surface area contributed by atoms with Gasteiger partial charge in [0, 0.05) is 6.54 Å². The zero-order valence-electron chi connectivity index (χ0n) is 9.43. The molecule has 0 unspecified atom stereocenters. The second-order valence-electron chi connectivity index (χ2n) is 3.54. The lowest BCUT2D eigenvalue weighted by Crippen LogP contribution is -2.14. The Labute approximate surface area is 119 Å². The molecule has 0 heterocycles. The summed E-state index contributed by atoms with van der Waals surface area (Å²) in [6.07, 6.45) is 2.54. The average molecular weight is 398 g/mol. The number of rotatable bonds is 7. The van der Waals surface area contributed by atoms with Gasteiger partial charge in [-0.1, -0.05) is 28.7 Å². The van der Waals surface area contributed by atoms with Crippen molar-refractivity contribution in [3.05, 3.63) is 28.2 Å². The number of nitrogens with one attached hydrogen (secondary N) is 1. The first-order valence-electron chi connectivity index (χ1n) is 5.37. The Hall–Kier alpha value is 0.190. The van der Waals surface area contributed by atoms with Crippen molar-refractivity contribution in [1.82, 2.24) is 5.32 Å². The van der Waals surface area contributed by atoms with Crippen molar-refractivity contribution in [3.63, 3.8) is 0 Å². The van der Waals surface area contributed by atoms with Crippen LogP contribution in [0.25, 0.3) is 0 Å². The van der Waals surface area contributed by atoms with Gasteiger partial charge in [-0.25, -0.2) is 0 Å². The van der Waals surface area contributed by atoms with Crippen LogP contribution >= 0.6 is 38.5 Å². The minimum Gasteiger partial charge on any atom is -0.496 e. The van der Waals surface area contributed by atoms with E-state index < -0.39 is 0 Å². The lowest BCUT2D eigenvalue weighted by molar-refractivity contribution is 0.412. The third kappa shape index (κ3) is 5.01. The van der Waals surface area contributed by atoms with Crippen molar-refractivity contribution in [2.24, 2.45) is 0 Å². The van der Waals surface area contributed by atoms with E-state index in [1.807, 2.05) is 6.07 Å². The second-order valence-corrected chi connectivity index (χ2v) is 5.47. The van der Waals surface area contributed by atoms with Gasteiger partial charge in [-0.05, 0) is 57.4 Å². The fourth-order valence-corrected chi connectivity index (χ4v) is 2.52. The first kappa shape index (κ1) is 14.3. The average Bonchev–Trinajstić information content (AvgIpc) is 2.29. The zero-order valence-corrected chi connectivity index (χ0v) is 13.2. The SMILES string of the molecule is COc1ccc(CNCCCCI)cc1Br. The number of unbranched alkanes of at least 4 members (excludes halogenated alkanes) is 1. The number of methoxy groups -OCH3 is 1. The molecule has 1 aromatic carbocycles. The molecule has 4 heteroatoms. The molecule has 0 amide bonds. The van der Waals surface area contributed by atoms with Gasteiger partial charge in [0.1, 0.15) is 5.75 Å². The van der Waals surface area contributed by atoms with Crippen molar-refractivity contribution in [1.29, 1.82) is 0 Å². The van der Waals surface area contributed by atoms with Crippen molar-refractivity contribution in [2.75, 3.05) is 18.1 Å². The molecule has 1 aromatic rings. The smallest absolute Gasteiger partial charge is 0.133 e. The van der Waals surface area contributed by atoms with Gasteiger partial charge < -0.3 is 10.1 Å². The highest BCUT2D eigenvalue weighted by atomic mass is 127. The molecule has 1 rings (SSSR count). The molecule has 0 saturated carbocycles. The number of hydrogen-bond donors (Lipinski definition) is 1. The predicted molar refractivity (Wildman–Crippen MR) is 80.5 cm³/mol. The van der Waals surface area contributed by atoms with E-state index in [4.69, 9.17) is 4.74 Å². The molecule has 2 nitrogen and oxygen atoms in total. The Morgan fingerprint density at radius 1 is 1.38 bits per heavy atom. The Balaban J connectivity index is 2.34. The number of benzene rings is 1. The van der Waals surface area contributed by atoms with Crippen molar-refractivity contribution in [2.45, 2.75) is 19.4 Å². The maximum absolute atomic E-state index is 5.19. The minimum absolute atomic E-state index is 0.883. The molecule has 0 aliphatic rings. The molecule has 90 valence electrons. The summed E-state index contributed by atoms with van der Waals surface area (Å²) in [6.45, 7) is 2.01. The van der Waals surface area contributed by atoms with Gasteiger partial charge in [0.05, 0.1) is 11.6 Å². The first-order valence-corrected chi connectivity index (χ1v) is 7.69. The summed E-state index contributed by atoms with van der Waals surface area (Å²) in [4.78, 5) is 0. The summed E-state index contributed by atoms with van der Waals surface area (Å²) in [6, 6.07) is 6.19. The van der Waals surface area contributed by atoms with E-state index in [1.54, 1.807) is 7.11 Å². The normalized spacial score (nSPS) is 10.4. The monoisotopic (exact) mass is 397 g/mol. The van der Waals surface area contributed by atoms with Crippen LogP contribution in [0.2, 0.25) is 0 Å². The quantitative estimate of drug-likeness (QED) is 0.429. The number of halogens is 2. The zero-order chi connectivity index (χ0) is 11.8. The summed E-state index contributed by atoms with van der Waals surface area (Å²) in [5.41, 5.74) is 1.28. The fourth-order valence-electron chi connectivity index (χ4n) is 1.40. The fraction of sp³-hybridized carbons (Fsp3) is 0.500. The standard InChI is InChI=1S/C12H17BrINO/c1-16-12-5-4-10(8-11(12)13)9-15-7-3-2-6-14/h4-5,8,15H,2-3,6-7,9H2,1H3. The van der Waals surface area contributed by atoms with Gasteiger partial charge in [0.2, 0.25) is 0 Å². The van der Waals surface area contributed by atoms with Crippen LogP contribution in [0, 0.1) is 0 Å². The van der Waals surface area contributed by atoms with E-state index in [-0.39, 0.29) is 0 Å². The van der Waals surface area contributed by atoms with E-state index in [0.717, 1.165) is 23.3 Å². The van der Waals surface area contributed by atoms with E-state index in [0.29, 0.717) is 0 Å². The molecule has 0 fully saturated rings. The number of hydrogen-bond acceptors (Lipinski definition) is 2. The molecular formula is C12H17BrINO. The maximum atomic E-state index is 5.19. The third-order valence-electron chi connectivity index (χ3n) is 2.28. The van der Waals surface area contributed by atoms with Gasteiger partial charge in [0.15, 0.2) is 0 Å². The summed E-state index contributed by atoms with van der Waals surface area (Å²) in [5.74, 6) is 0.883. The summed E-state index contributed by atoms with van der Waals surface area (Å²) >= 11 is 5.90. The highest BCUT2D eigenvalue weighted by Gasteiger charge is 2.00. The molecular weight excluding hydrogens is 381 g/mol. The highest BCUT2D eigenvalue weighted by molar-refractivity contribution is 14.1. The topological polar surface area (TPSA) is 21.3 Å². The largest absolute Gasteiger partial charge is 0.496 e. The minimum atomic E-state index is 0.883. The molecule has 0 aromatic heterocycles. The summed E-state index contributed by atoms with van der Waals surface area (Å²) in [7, 11) is 1.68. The highest BCUT2D eigenvalue weighted by Crippen LogP contribution is 2.25. The van der Waals surface area contributed by atoms with Gasteiger partial charge >= 0.3 is 0 Å². The lowest BCUT2D eigenvalue weighted by Gasteiger charge is -2.07. The molecule has 0 spiro atoms. The second kappa shape index (κ2) is 8.31. The molecule has 0 radical (unpaired) electrons. The third-order valence-corrected chi connectivity index (χ3v) is 3.67. The van der Waals surface area contributed by atoms with Gasteiger partial charge in [-0.2, -0.15) is 0 Å². The Morgan fingerprint density at radius 3 is 2.81 bits per heavy atom. The van der Waals surface area contributed by atoms with Crippen molar-refractivity contribution < 1.29 is 4.74 Å². The van der Waals surface area contributed by atoms with Crippen molar-refractivity contribution >= 4 is 38.5 Å². The van der Waals surface area contributed by atoms with Crippen LogP contribution in [0.15, 0.2) is 22.7 Å². The molecule has 0 aliphatic carbocycles. The molecule has 0 bridgehead atoms. The van der Waals surface area contributed by atoms with E-state index in [2.05, 4.69) is 56.0 Å². The van der Waals surface area contributed by atoms with Gasteiger partial charge in [-0.3, -0.25) is 0 Å². The maximum Gasteiger partial charge on any atom is 0.133 e. The van der Waals surface area contributed by atoms with Crippen LogP contribution in [0.5, 0.6) is 5.75 Å². The van der Waals surface area contributed by atoms with Crippen LogP contribution in [0.4, 0.5) is 0 Å². The van der Waals surface area contributed by atoms with E-state index >= 15 is 0 Å². The molecule has 0 saturated heterocycles. The van der Waals surface area contributed by atoms with Gasteiger partial charge in [0.25, 0.3) is 0 Å². The van der Waals surface area contributed by atoms with Gasteiger partial charge in [-0.15, -0.1) is 0 Å².